The Morgan fingerprint density at radius 2 is 1.97 bits per heavy atom. The largest absolute Gasteiger partial charge is 0.496 e. The number of thiocarbonyl (C=S) groups is 1. The number of hydrogen-bond acceptors (Lipinski definition) is 7. The van der Waals surface area contributed by atoms with Crippen LogP contribution in [0.4, 0.5) is 0 Å². The van der Waals surface area contributed by atoms with Gasteiger partial charge in [-0.1, -0.05) is 42.2 Å². The number of aromatic nitrogens is 2. The lowest BCUT2D eigenvalue weighted by Crippen LogP contribution is -2.29. The molecule has 1 amide bonds. The van der Waals surface area contributed by atoms with E-state index in [4.69, 9.17) is 26.8 Å². The number of carboxylic acids is 1. The van der Waals surface area contributed by atoms with Gasteiger partial charge in [0, 0.05) is 17.5 Å². The van der Waals surface area contributed by atoms with Crippen LogP contribution in [0.5, 0.6) is 11.5 Å². The monoisotopic (exact) mass is 545 g/mol. The third-order valence-electron chi connectivity index (χ3n) is 6.04. The molecule has 1 aromatic heterocycles. The summed E-state index contributed by atoms with van der Waals surface area (Å²) >= 11 is 6.75. The molecule has 38 heavy (non-hydrogen) atoms. The average Bonchev–Trinajstić information content (AvgIpc) is 3.50. The number of amides is 1. The highest BCUT2D eigenvalue weighted by molar-refractivity contribution is 8.26. The molecule has 0 saturated carbocycles. The third-order valence-corrected chi connectivity index (χ3v) is 7.42. The fourth-order valence-corrected chi connectivity index (χ4v) is 5.40. The van der Waals surface area contributed by atoms with Crippen LogP contribution < -0.4 is 9.47 Å². The van der Waals surface area contributed by atoms with Gasteiger partial charge in [0.2, 0.25) is 0 Å². The summed E-state index contributed by atoms with van der Waals surface area (Å²) < 4.78 is 11.8. The molecular formula is C28H23N3O5S2. The second kappa shape index (κ2) is 11.1. The number of ether oxygens (including phenoxy) is 2. The van der Waals surface area contributed by atoms with Crippen LogP contribution >= 0.6 is 24.0 Å². The van der Waals surface area contributed by atoms with E-state index in [1.165, 1.54) is 23.9 Å². The minimum atomic E-state index is -0.986. The summed E-state index contributed by atoms with van der Waals surface area (Å²) in [5, 5.41) is 17.1. The smallest absolute Gasteiger partial charge is 0.335 e. The number of hydrogen-bond donors (Lipinski definition) is 2. The van der Waals surface area contributed by atoms with E-state index in [0.29, 0.717) is 34.5 Å². The molecule has 0 unspecified atom stereocenters. The zero-order valence-corrected chi connectivity index (χ0v) is 22.0. The van der Waals surface area contributed by atoms with Gasteiger partial charge in [-0.3, -0.25) is 14.8 Å². The molecule has 2 heterocycles. The van der Waals surface area contributed by atoms with Gasteiger partial charge in [-0.05, 0) is 66.1 Å². The summed E-state index contributed by atoms with van der Waals surface area (Å²) in [5.74, 6) is 0.177. The number of carbonyl (C=O) groups is 2. The molecule has 10 heteroatoms. The predicted molar refractivity (Wildman–Crippen MR) is 151 cm³/mol. The van der Waals surface area contributed by atoms with Crippen molar-refractivity contribution in [3.63, 3.8) is 0 Å². The Morgan fingerprint density at radius 1 is 1.16 bits per heavy atom. The van der Waals surface area contributed by atoms with Gasteiger partial charge in [0.05, 0.1) is 35.9 Å². The Labute approximate surface area is 228 Å². The molecule has 0 atom stereocenters. The molecule has 0 aliphatic carbocycles. The maximum Gasteiger partial charge on any atom is 0.335 e. The van der Waals surface area contributed by atoms with Gasteiger partial charge in [0.25, 0.3) is 5.91 Å². The molecule has 1 saturated heterocycles. The zero-order valence-electron chi connectivity index (χ0n) is 20.3. The fourth-order valence-electron chi connectivity index (χ4n) is 4.10. The summed E-state index contributed by atoms with van der Waals surface area (Å²) in [5.41, 5.74) is 3.86. The van der Waals surface area contributed by atoms with E-state index in [2.05, 4.69) is 10.2 Å². The Hall–Kier alpha value is -4.15. The second-order valence-electron chi connectivity index (χ2n) is 8.50. The van der Waals surface area contributed by atoms with Gasteiger partial charge >= 0.3 is 5.97 Å². The van der Waals surface area contributed by atoms with Crippen molar-refractivity contribution < 1.29 is 24.2 Å². The lowest BCUT2D eigenvalue weighted by molar-refractivity contribution is -0.122. The van der Waals surface area contributed by atoms with Crippen molar-refractivity contribution in [2.45, 2.75) is 6.42 Å². The number of aromatic amines is 1. The van der Waals surface area contributed by atoms with Gasteiger partial charge in [0.15, 0.2) is 0 Å². The number of thioether (sulfide) groups is 1. The van der Waals surface area contributed by atoms with Crippen LogP contribution in [0.1, 0.15) is 22.3 Å². The van der Waals surface area contributed by atoms with Crippen molar-refractivity contribution in [3.8, 4) is 22.6 Å². The van der Waals surface area contributed by atoms with E-state index in [1.54, 1.807) is 30.3 Å². The molecular weight excluding hydrogens is 522 g/mol. The molecule has 1 fully saturated rings. The van der Waals surface area contributed by atoms with Crippen molar-refractivity contribution in [2.24, 2.45) is 0 Å². The normalized spacial score (nSPS) is 14.4. The van der Waals surface area contributed by atoms with Gasteiger partial charge in [0.1, 0.15) is 15.8 Å². The molecule has 0 radical (unpaired) electrons. The van der Waals surface area contributed by atoms with E-state index >= 15 is 0 Å². The minimum absolute atomic E-state index is 0.137. The lowest BCUT2D eigenvalue weighted by atomic mass is 10.0. The van der Waals surface area contributed by atoms with E-state index in [9.17, 15) is 9.59 Å². The maximum absolute atomic E-state index is 13.1. The molecule has 8 nitrogen and oxygen atoms in total. The Balaban J connectivity index is 1.26. The molecule has 4 aromatic rings. The summed E-state index contributed by atoms with van der Waals surface area (Å²) in [4.78, 5) is 26.2. The maximum atomic E-state index is 13.1. The molecule has 0 spiro atoms. The number of rotatable bonds is 9. The molecule has 2 N–H and O–H groups in total. The highest BCUT2D eigenvalue weighted by atomic mass is 32.2. The lowest BCUT2D eigenvalue weighted by Gasteiger charge is -2.14. The van der Waals surface area contributed by atoms with Crippen molar-refractivity contribution in [3.05, 3.63) is 82.9 Å². The van der Waals surface area contributed by atoms with Crippen molar-refractivity contribution in [1.29, 1.82) is 0 Å². The number of nitrogens with zero attached hydrogens (tertiary/aromatic N) is 2. The van der Waals surface area contributed by atoms with E-state index in [0.717, 1.165) is 33.3 Å². The standard InChI is InChI=1S/C28H23N3O5S2/c1-35-24-10-3-17(13-22(24)19-4-5-20-16-29-30-23(20)15-19)14-25-26(32)31(28(37)38-25)11-2-12-36-21-8-6-18(7-9-21)27(33)34/h3-10,13-16H,2,11-12H2,1H3,(H,29,30)(H,33,34)/b25-14-. The molecule has 192 valence electrons. The minimum Gasteiger partial charge on any atom is -0.496 e. The molecule has 5 rings (SSSR count). The Morgan fingerprint density at radius 3 is 2.74 bits per heavy atom. The third kappa shape index (κ3) is 5.41. The SMILES string of the molecule is COc1ccc(/C=C2\SC(=S)N(CCCOc3ccc(C(=O)O)cc3)C2=O)cc1-c1ccc2cn[nH]c2c1. The molecule has 1 aliphatic heterocycles. The first-order valence-electron chi connectivity index (χ1n) is 11.8. The van der Waals surface area contributed by atoms with Crippen LogP contribution in [-0.2, 0) is 4.79 Å². The van der Waals surface area contributed by atoms with Gasteiger partial charge in [-0.25, -0.2) is 4.79 Å². The summed E-state index contributed by atoms with van der Waals surface area (Å²) in [6.45, 7) is 0.790. The van der Waals surface area contributed by atoms with Crippen LogP contribution in [0, 0.1) is 0 Å². The van der Waals surface area contributed by atoms with Crippen LogP contribution in [0.15, 0.2) is 71.8 Å². The first kappa shape index (κ1) is 25.5. The Kier molecular flexibility index (Phi) is 7.43. The first-order valence-corrected chi connectivity index (χ1v) is 13.0. The van der Waals surface area contributed by atoms with E-state index in [1.807, 2.05) is 42.5 Å². The fraction of sp³-hybridized carbons (Fsp3) is 0.143. The predicted octanol–water partition coefficient (Wildman–Crippen LogP) is 5.61. The number of carbonyl (C=O) groups excluding carboxylic acids is 1. The van der Waals surface area contributed by atoms with Crippen molar-refractivity contribution in [1.82, 2.24) is 15.1 Å². The van der Waals surface area contributed by atoms with Crippen LogP contribution in [0.25, 0.3) is 28.1 Å². The topological polar surface area (TPSA) is 105 Å². The molecule has 3 aromatic carbocycles. The Bertz CT molecular complexity index is 1560. The molecule has 1 aliphatic rings. The average molecular weight is 546 g/mol. The van der Waals surface area contributed by atoms with Crippen molar-refractivity contribution >= 4 is 57.2 Å². The van der Waals surface area contributed by atoms with Gasteiger partial charge in [-0.2, -0.15) is 5.10 Å². The highest BCUT2D eigenvalue weighted by Gasteiger charge is 2.31. The number of methoxy groups -OCH3 is 1. The van der Waals surface area contributed by atoms with E-state index < -0.39 is 5.97 Å². The zero-order chi connectivity index (χ0) is 26.6. The number of H-pyrrole nitrogens is 1. The van der Waals surface area contributed by atoms with Gasteiger partial charge in [-0.15, -0.1) is 0 Å². The number of carboxylic acid groups (broad SMARTS) is 1. The second-order valence-corrected chi connectivity index (χ2v) is 10.2. The quantitative estimate of drug-likeness (QED) is 0.159. The van der Waals surface area contributed by atoms with Crippen LogP contribution in [0.2, 0.25) is 0 Å². The summed E-state index contributed by atoms with van der Waals surface area (Å²) in [7, 11) is 1.63. The molecule has 0 bridgehead atoms. The number of aromatic carboxylic acids is 1. The van der Waals surface area contributed by atoms with Gasteiger partial charge < -0.3 is 14.6 Å². The van der Waals surface area contributed by atoms with Crippen LogP contribution in [0.3, 0.4) is 0 Å². The van der Waals surface area contributed by atoms with Crippen LogP contribution in [-0.4, -0.2) is 56.7 Å². The number of fused-ring (bicyclic) bond motifs is 1. The van der Waals surface area contributed by atoms with Crippen molar-refractivity contribution in [2.75, 3.05) is 20.3 Å². The number of nitrogens with one attached hydrogen (secondary N) is 1. The van der Waals surface area contributed by atoms with E-state index in [-0.39, 0.29) is 11.5 Å². The first-order chi connectivity index (χ1) is 18.4. The highest BCUT2D eigenvalue weighted by Crippen LogP contribution is 2.36. The number of benzene rings is 3. The summed E-state index contributed by atoms with van der Waals surface area (Å²) in [6.07, 6.45) is 4.19. The summed E-state index contributed by atoms with van der Waals surface area (Å²) in [6, 6.07) is 18.0.